The first kappa shape index (κ1) is 28.9. The van der Waals surface area contributed by atoms with Gasteiger partial charge in [-0.2, -0.15) is 0 Å². The Balaban J connectivity index is 1.85. The Labute approximate surface area is 230 Å². The smallest absolute Gasteiger partial charge is 0.122 e. The fraction of sp³-hybridized carbons (Fsp3) is 0.200. The van der Waals surface area contributed by atoms with Crippen LogP contribution in [0.4, 0.5) is 0 Å². The number of hydrogen-bond donors (Lipinski definition) is 0. The molecule has 0 bridgehead atoms. The summed E-state index contributed by atoms with van der Waals surface area (Å²) < 4.78 is 32.6. The van der Waals surface area contributed by atoms with Crippen LogP contribution in [0.15, 0.2) is 126 Å². The van der Waals surface area contributed by atoms with Gasteiger partial charge in [0.25, 0.3) is 0 Å². The van der Waals surface area contributed by atoms with Crippen molar-refractivity contribution in [1.82, 2.24) is 0 Å². The van der Waals surface area contributed by atoms with E-state index >= 15 is 0 Å². The summed E-state index contributed by atoms with van der Waals surface area (Å²) in [5, 5.41) is 0. The molecule has 38 heavy (non-hydrogen) atoms. The predicted molar refractivity (Wildman–Crippen MR) is 152 cm³/mol. The molecule has 3 aromatic carbocycles. The highest BCUT2D eigenvalue weighted by molar-refractivity contribution is 8.51. The molecule has 3 aromatic rings. The van der Waals surface area contributed by atoms with E-state index in [1.54, 1.807) is 0 Å². The van der Waals surface area contributed by atoms with Gasteiger partial charge in [0.15, 0.2) is 0 Å². The van der Waals surface area contributed by atoms with E-state index in [0.717, 1.165) is 31.9 Å². The fourth-order valence-electron chi connectivity index (χ4n) is 3.45. The van der Waals surface area contributed by atoms with Crippen molar-refractivity contribution in [2.24, 2.45) is 0 Å². The quantitative estimate of drug-likeness (QED) is 0.118. The highest BCUT2D eigenvalue weighted by atomic mass is 35.7. The van der Waals surface area contributed by atoms with Crippen LogP contribution in [0.2, 0.25) is 0 Å². The third-order valence-corrected chi connectivity index (χ3v) is 9.58. The molecule has 0 aromatic heterocycles. The molecule has 0 unspecified atom stereocenters. The van der Waals surface area contributed by atoms with Crippen LogP contribution < -0.4 is 14.2 Å². The Morgan fingerprint density at radius 2 is 0.737 bits per heavy atom. The maximum absolute atomic E-state index is 7.58. The summed E-state index contributed by atoms with van der Waals surface area (Å²) in [7, 11) is 5.46. The predicted octanol–water partition coefficient (Wildman–Crippen LogP) is 7.74. The summed E-state index contributed by atoms with van der Waals surface area (Å²) in [5.41, 5.74) is 0. The van der Waals surface area contributed by atoms with Crippen molar-refractivity contribution >= 4 is 19.9 Å². The van der Waals surface area contributed by atoms with Crippen LogP contribution in [0.1, 0.15) is 0 Å². The van der Waals surface area contributed by atoms with Gasteiger partial charge in [-0.15, -0.1) is 0 Å². The van der Waals surface area contributed by atoms with Gasteiger partial charge in [0.2, 0.25) is 0 Å². The van der Waals surface area contributed by atoms with Gasteiger partial charge in [-0.1, -0.05) is 39.7 Å². The second-order valence-electron chi connectivity index (χ2n) is 7.61. The Bertz CT molecular complexity index is 989. The molecule has 8 heteroatoms. The topological polar surface area (TPSA) is 55.4 Å². The summed E-state index contributed by atoms with van der Waals surface area (Å²) in [5.74, 6) is 2.20. The van der Waals surface area contributed by atoms with Gasteiger partial charge in [0.05, 0.1) is 18.8 Å². The zero-order valence-corrected chi connectivity index (χ0v) is 22.8. The lowest BCUT2D eigenvalue weighted by Crippen LogP contribution is -2.05. The molecule has 0 amide bonds. The van der Waals surface area contributed by atoms with Crippen molar-refractivity contribution in [2.75, 3.05) is 39.6 Å². The molecular weight excluding hydrogens is 524 g/mol. The van der Waals surface area contributed by atoms with Gasteiger partial charge < -0.3 is 28.4 Å². The van der Waals surface area contributed by atoms with Crippen LogP contribution in [0.25, 0.3) is 0 Å². The molecule has 0 N–H and O–H groups in total. The maximum Gasteiger partial charge on any atom is 0.122 e. The van der Waals surface area contributed by atoms with Crippen LogP contribution in [0.3, 0.4) is 0 Å². The molecule has 0 fully saturated rings. The molecule has 0 atom stereocenters. The first-order valence-electron chi connectivity index (χ1n) is 12.0. The van der Waals surface area contributed by atoms with Crippen molar-refractivity contribution in [3.05, 3.63) is 111 Å². The lowest BCUT2D eigenvalue weighted by Gasteiger charge is -2.34. The molecule has 0 radical (unpaired) electrons. The van der Waals surface area contributed by atoms with Crippen molar-refractivity contribution < 1.29 is 28.4 Å². The molecule has 6 nitrogen and oxygen atoms in total. The second-order valence-corrected chi connectivity index (χ2v) is 11.5. The lowest BCUT2D eigenvalue weighted by molar-refractivity contribution is 0.179. The van der Waals surface area contributed by atoms with E-state index in [2.05, 4.69) is 19.7 Å². The molecular formula is C30H33ClO6S. The molecule has 0 spiro atoms. The zero-order chi connectivity index (χ0) is 27.1. The van der Waals surface area contributed by atoms with E-state index in [9.17, 15) is 0 Å². The zero-order valence-electron chi connectivity index (χ0n) is 21.3. The summed E-state index contributed by atoms with van der Waals surface area (Å²) in [4.78, 5) is 2.90. The molecule has 0 aliphatic heterocycles. The largest absolute Gasteiger partial charge is 0.498 e. The summed E-state index contributed by atoms with van der Waals surface area (Å²) in [6.45, 7) is 13.1. The van der Waals surface area contributed by atoms with Gasteiger partial charge in [-0.3, -0.25) is 0 Å². The van der Waals surface area contributed by atoms with E-state index in [1.807, 2.05) is 72.8 Å². The Hall–Kier alpha value is -3.68. The highest BCUT2D eigenvalue weighted by Crippen LogP contribution is 2.72. The molecule has 0 aliphatic rings. The van der Waals surface area contributed by atoms with E-state index in [1.165, 1.54) is 18.8 Å². The summed E-state index contributed by atoms with van der Waals surface area (Å²) >= 11 is 0. The Morgan fingerprint density at radius 3 is 0.974 bits per heavy atom. The molecule has 0 saturated carbocycles. The molecule has 202 valence electrons. The maximum atomic E-state index is 7.58. The Morgan fingerprint density at radius 1 is 0.474 bits per heavy atom. The monoisotopic (exact) mass is 556 g/mol. The number of benzene rings is 3. The van der Waals surface area contributed by atoms with Crippen molar-refractivity contribution in [1.29, 1.82) is 0 Å². The Kier molecular flexibility index (Phi) is 11.8. The summed E-state index contributed by atoms with van der Waals surface area (Å²) in [6, 6.07) is 23.5. The number of rotatable bonds is 18. The van der Waals surface area contributed by atoms with E-state index < -0.39 is 9.24 Å². The highest BCUT2D eigenvalue weighted by Gasteiger charge is 2.29. The minimum absolute atomic E-state index is 0.419. The van der Waals surface area contributed by atoms with Crippen molar-refractivity contribution in [2.45, 2.75) is 14.7 Å². The van der Waals surface area contributed by atoms with Crippen molar-refractivity contribution in [3.8, 4) is 17.2 Å². The normalized spacial score (nSPS) is 11.1. The van der Waals surface area contributed by atoms with Gasteiger partial charge in [0, 0.05) is 14.7 Å². The molecule has 0 heterocycles. The fourth-order valence-corrected chi connectivity index (χ4v) is 6.73. The number of hydrogen-bond acceptors (Lipinski definition) is 6. The average Bonchev–Trinajstić information content (AvgIpc) is 2.96. The van der Waals surface area contributed by atoms with E-state index in [-0.39, 0.29) is 0 Å². The van der Waals surface area contributed by atoms with Crippen LogP contribution in [0.5, 0.6) is 17.2 Å². The second kappa shape index (κ2) is 15.5. The lowest BCUT2D eigenvalue weighted by atomic mass is 10.3. The van der Waals surface area contributed by atoms with Crippen LogP contribution in [-0.4, -0.2) is 39.6 Å². The molecule has 3 rings (SSSR count). The molecule has 0 aliphatic carbocycles. The third kappa shape index (κ3) is 8.16. The molecule has 0 saturated heterocycles. The van der Waals surface area contributed by atoms with Crippen LogP contribution >= 0.6 is 19.9 Å². The van der Waals surface area contributed by atoms with Gasteiger partial charge in [0.1, 0.15) is 56.9 Å². The van der Waals surface area contributed by atoms with E-state index in [4.69, 9.17) is 39.1 Å². The first-order valence-corrected chi connectivity index (χ1v) is 14.5. The average molecular weight is 557 g/mol. The van der Waals surface area contributed by atoms with E-state index in [0.29, 0.717) is 39.6 Å². The van der Waals surface area contributed by atoms with Gasteiger partial charge in [-0.05, 0) is 72.8 Å². The third-order valence-electron chi connectivity index (χ3n) is 5.21. The number of halogens is 1. The minimum Gasteiger partial charge on any atom is -0.498 e. The SMILES string of the molecule is C=COCCOc1ccc(S(Cl)(c2ccc(OCCOC=C)cc2)c2ccc(OCCOC=C)cc2)cc1. The standard InChI is InChI=1S/C30H33ClO6S/c1-4-32-19-22-35-25-7-13-28(14-8-25)38(31,29-15-9-26(10-16-29)36-23-20-33-5-2)30-17-11-27(12-18-30)37-24-21-34-6-3/h4-18H,1-3,19-24H2. The van der Waals surface area contributed by atoms with Crippen LogP contribution in [-0.2, 0) is 14.2 Å². The number of ether oxygens (including phenoxy) is 6. The van der Waals surface area contributed by atoms with Crippen molar-refractivity contribution in [3.63, 3.8) is 0 Å². The minimum atomic E-state index is -2.12. The van der Waals surface area contributed by atoms with Crippen LogP contribution in [0, 0.1) is 0 Å². The summed E-state index contributed by atoms with van der Waals surface area (Å²) in [6.07, 6.45) is 4.19. The van der Waals surface area contributed by atoms with Gasteiger partial charge in [-0.25, -0.2) is 0 Å². The first-order chi connectivity index (χ1) is 18.6. The van der Waals surface area contributed by atoms with Gasteiger partial charge >= 0.3 is 0 Å².